The number of para-hydroxylation sites is 1. The van der Waals surface area contributed by atoms with Gasteiger partial charge in [0.15, 0.2) is 10.9 Å². The molecule has 1 amide bonds. The van der Waals surface area contributed by atoms with E-state index >= 15 is 0 Å². The smallest absolute Gasteiger partial charge is 0.293 e. The number of hydrogen-bond acceptors (Lipinski definition) is 4. The van der Waals surface area contributed by atoms with Crippen LogP contribution in [0.5, 0.6) is 0 Å². The van der Waals surface area contributed by atoms with Gasteiger partial charge in [-0.2, -0.15) is 0 Å². The first-order valence-electron chi connectivity index (χ1n) is 8.20. The molecule has 0 fully saturated rings. The van der Waals surface area contributed by atoms with Crippen LogP contribution in [0.15, 0.2) is 57.4 Å². The summed E-state index contributed by atoms with van der Waals surface area (Å²) < 4.78 is 6.47. The van der Waals surface area contributed by atoms with Crippen molar-refractivity contribution < 1.29 is 9.21 Å². The number of furan rings is 1. The second-order valence-corrected chi connectivity index (χ2v) is 8.40. The van der Waals surface area contributed by atoms with Gasteiger partial charge in [0.05, 0.1) is 10.7 Å². The SMILES string of the molecule is Cc1nc(NC(=O)c2cc3ccccc3o2)sc1Cc1ccc(Br)c(Cl)c1. The lowest BCUT2D eigenvalue weighted by Crippen LogP contribution is -2.10. The molecule has 2 aromatic carbocycles. The van der Waals surface area contributed by atoms with E-state index in [4.69, 9.17) is 16.0 Å². The minimum absolute atomic E-state index is 0.269. The molecule has 0 atom stereocenters. The monoisotopic (exact) mass is 460 g/mol. The highest BCUT2D eigenvalue weighted by Crippen LogP contribution is 2.29. The Kier molecular flexibility index (Phi) is 5.04. The van der Waals surface area contributed by atoms with Gasteiger partial charge in [0.1, 0.15) is 5.58 Å². The number of nitrogens with one attached hydrogen (secondary N) is 1. The maximum atomic E-state index is 12.5. The molecule has 2 aromatic heterocycles. The molecule has 136 valence electrons. The molecular weight excluding hydrogens is 448 g/mol. The highest BCUT2D eigenvalue weighted by molar-refractivity contribution is 9.10. The zero-order valence-electron chi connectivity index (χ0n) is 14.3. The van der Waals surface area contributed by atoms with Crippen LogP contribution < -0.4 is 5.32 Å². The van der Waals surface area contributed by atoms with Crippen LogP contribution in [-0.2, 0) is 6.42 Å². The average molecular weight is 462 g/mol. The number of aryl methyl sites for hydroxylation is 1. The van der Waals surface area contributed by atoms with Crippen molar-refractivity contribution in [1.82, 2.24) is 4.98 Å². The number of thiazole rings is 1. The summed E-state index contributed by atoms with van der Waals surface area (Å²) in [6.45, 7) is 1.93. The number of benzene rings is 2. The molecule has 4 rings (SSSR count). The average Bonchev–Trinajstić information content (AvgIpc) is 3.22. The number of aromatic nitrogens is 1. The Morgan fingerprint density at radius 2 is 2.07 bits per heavy atom. The largest absolute Gasteiger partial charge is 0.451 e. The van der Waals surface area contributed by atoms with E-state index in [1.807, 2.05) is 49.4 Å². The third-order valence-electron chi connectivity index (χ3n) is 4.11. The van der Waals surface area contributed by atoms with E-state index in [2.05, 4.69) is 26.2 Å². The Balaban J connectivity index is 1.52. The van der Waals surface area contributed by atoms with Gasteiger partial charge in [-0.25, -0.2) is 4.98 Å². The lowest BCUT2D eigenvalue weighted by atomic mass is 10.1. The van der Waals surface area contributed by atoms with E-state index in [0.29, 0.717) is 22.2 Å². The summed E-state index contributed by atoms with van der Waals surface area (Å²) >= 11 is 11.0. The highest BCUT2D eigenvalue weighted by Gasteiger charge is 2.16. The summed E-state index contributed by atoms with van der Waals surface area (Å²) in [6.07, 6.45) is 0.705. The summed E-state index contributed by atoms with van der Waals surface area (Å²) in [5.74, 6) is -0.0384. The van der Waals surface area contributed by atoms with E-state index in [9.17, 15) is 4.79 Å². The van der Waals surface area contributed by atoms with Crippen molar-refractivity contribution >= 4 is 60.9 Å². The lowest BCUT2D eigenvalue weighted by molar-refractivity contribution is 0.0998. The van der Waals surface area contributed by atoms with Crippen molar-refractivity contribution in [3.05, 3.63) is 79.9 Å². The van der Waals surface area contributed by atoms with E-state index < -0.39 is 0 Å². The number of nitrogens with zero attached hydrogens (tertiary/aromatic N) is 1. The molecule has 2 heterocycles. The first-order valence-corrected chi connectivity index (χ1v) is 10.2. The molecule has 0 aliphatic heterocycles. The first-order chi connectivity index (χ1) is 13.0. The minimum Gasteiger partial charge on any atom is -0.451 e. The van der Waals surface area contributed by atoms with Crippen molar-refractivity contribution in [2.24, 2.45) is 0 Å². The molecule has 0 saturated carbocycles. The molecule has 0 aliphatic carbocycles. The van der Waals surface area contributed by atoms with Crippen LogP contribution in [-0.4, -0.2) is 10.9 Å². The number of carbonyl (C=O) groups excluding carboxylic acids is 1. The van der Waals surface area contributed by atoms with Gasteiger partial charge >= 0.3 is 0 Å². The maximum Gasteiger partial charge on any atom is 0.293 e. The summed E-state index contributed by atoms with van der Waals surface area (Å²) in [5, 5.41) is 4.95. The van der Waals surface area contributed by atoms with Crippen molar-refractivity contribution in [2.45, 2.75) is 13.3 Å². The van der Waals surface area contributed by atoms with Crippen LogP contribution in [0, 0.1) is 6.92 Å². The number of hydrogen-bond donors (Lipinski definition) is 1. The molecule has 1 N–H and O–H groups in total. The van der Waals surface area contributed by atoms with Crippen LogP contribution in [0.3, 0.4) is 0 Å². The summed E-state index contributed by atoms with van der Waals surface area (Å²) in [4.78, 5) is 18.0. The van der Waals surface area contributed by atoms with Gasteiger partial charge in [-0.3, -0.25) is 10.1 Å². The Morgan fingerprint density at radius 3 is 2.85 bits per heavy atom. The van der Waals surface area contributed by atoms with Crippen LogP contribution in [0.25, 0.3) is 11.0 Å². The standard InChI is InChI=1S/C20H14BrClN2O2S/c1-11-18(9-12-6-7-14(21)15(22)8-12)27-20(23-11)24-19(25)17-10-13-4-2-3-5-16(13)26-17/h2-8,10H,9H2,1H3,(H,23,24,25). The summed E-state index contributed by atoms with van der Waals surface area (Å²) in [6, 6.07) is 15.1. The van der Waals surface area contributed by atoms with Crippen LogP contribution in [0.1, 0.15) is 26.7 Å². The van der Waals surface area contributed by atoms with Gasteiger partial charge in [0.25, 0.3) is 5.91 Å². The molecule has 0 aliphatic rings. The predicted molar refractivity (Wildman–Crippen MR) is 113 cm³/mol. The van der Waals surface area contributed by atoms with Crippen LogP contribution in [0.4, 0.5) is 5.13 Å². The Labute approximate surface area is 173 Å². The minimum atomic E-state index is -0.307. The van der Waals surface area contributed by atoms with Crippen LogP contribution >= 0.6 is 38.9 Å². The number of amides is 1. The van der Waals surface area contributed by atoms with Crippen molar-refractivity contribution in [3.63, 3.8) is 0 Å². The third kappa shape index (κ3) is 3.93. The van der Waals surface area contributed by atoms with Gasteiger partial charge in [-0.1, -0.05) is 35.9 Å². The molecule has 0 saturated heterocycles. The van der Waals surface area contributed by atoms with E-state index in [-0.39, 0.29) is 11.7 Å². The maximum absolute atomic E-state index is 12.5. The normalized spacial score (nSPS) is 11.1. The molecule has 7 heteroatoms. The molecule has 4 nitrogen and oxygen atoms in total. The fourth-order valence-corrected chi connectivity index (χ4v) is 4.17. The fourth-order valence-electron chi connectivity index (χ4n) is 2.73. The fraction of sp³-hybridized carbons (Fsp3) is 0.100. The summed E-state index contributed by atoms with van der Waals surface area (Å²) in [7, 11) is 0. The van der Waals surface area contributed by atoms with E-state index in [1.54, 1.807) is 6.07 Å². The zero-order valence-corrected chi connectivity index (χ0v) is 17.4. The molecule has 4 aromatic rings. The zero-order chi connectivity index (χ0) is 19.0. The Bertz CT molecular complexity index is 1120. The molecule has 27 heavy (non-hydrogen) atoms. The Morgan fingerprint density at radius 1 is 1.26 bits per heavy atom. The molecule has 0 spiro atoms. The van der Waals surface area contributed by atoms with Gasteiger partial charge < -0.3 is 4.42 Å². The quantitative estimate of drug-likeness (QED) is 0.379. The number of rotatable bonds is 4. The lowest BCUT2D eigenvalue weighted by Gasteiger charge is -2.02. The predicted octanol–water partition coefficient (Wildman–Crippen LogP) is 6.46. The number of fused-ring (bicyclic) bond motifs is 1. The highest BCUT2D eigenvalue weighted by atomic mass is 79.9. The molecule has 0 unspecified atom stereocenters. The van der Waals surface area contributed by atoms with Gasteiger partial charge in [-0.15, -0.1) is 11.3 Å². The second kappa shape index (κ2) is 7.46. The van der Waals surface area contributed by atoms with E-state index in [1.165, 1.54) is 11.3 Å². The van der Waals surface area contributed by atoms with Crippen LogP contribution in [0.2, 0.25) is 5.02 Å². The molecular formula is C20H14BrClN2O2S. The van der Waals surface area contributed by atoms with Crippen molar-refractivity contribution in [3.8, 4) is 0 Å². The van der Waals surface area contributed by atoms with Gasteiger partial charge in [-0.05, 0) is 52.7 Å². The molecule has 0 radical (unpaired) electrons. The first kappa shape index (κ1) is 18.2. The second-order valence-electron chi connectivity index (χ2n) is 6.06. The van der Waals surface area contributed by atoms with Gasteiger partial charge in [0.2, 0.25) is 0 Å². The Hall–Kier alpha value is -2.15. The third-order valence-corrected chi connectivity index (χ3v) is 6.42. The number of anilines is 1. The topological polar surface area (TPSA) is 55.1 Å². The van der Waals surface area contributed by atoms with Crippen molar-refractivity contribution in [2.75, 3.05) is 5.32 Å². The summed E-state index contributed by atoms with van der Waals surface area (Å²) in [5.41, 5.74) is 2.66. The molecule has 0 bridgehead atoms. The van der Waals surface area contributed by atoms with Crippen molar-refractivity contribution in [1.29, 1.82) is 0 Å². The number of halogens is 2. The van der Waals surface area contributed by atoms with E-state index in [0.717, 1.165) is 26.0 Å². The number of carbonyl (C=O) groups is 1. The van der Waals surface area contributed by atoms with Gasteiger partial charge in [0, 0.05) is 21.2 Å².